The third kappa shape index (κ3) is 3.28. The number of hydrogen-bond donors (Lipinski definition) is 0. The van der Waals surface area contributed by atoms with Crippen molar-refractivity contribution in [3.63, 3.8) is 0 Å². The van der Waals surface area contributed by atoms with Crippen LogP contribution < -0.4 is 0 Å². The Labute approximate surface area is 148 Å². The van der Waals surface area contributed by atoms with Crippen LogP contribution in [0.4, 0.5) is 5.69 Å². The van der Waals surface area contributed by atoms with Crippen LogP contribution in [0.2, 0.25) is 0 Å². The number of carbonyl (C=O) groups is 2. The van der Waals surface area contributed by atoms with Gasteiger partial charge in [0.05, 0.1) is 18.0 Å². The van der Waals surface area contributed by atoms with Gasteiger partial charge >= 0.3 is 5.97 Å². The minimum Gasteiger partial charge on any atom is -0.469 e. The molecule has 0 radical (unpaired) electrons. The molecule has 7 heteroatoms. The maximum absolute atomic E-state index is 12.7. The number of hydrogen-bond acceptors (Lipinski definition) is 6. The second kappa shape index (κ2) is 6.68. The molecule has 0 amide bonds. The lowest BCUT2D eigenvalue weighted by molar-refractivity contribution is -0.385. The summed E-state index contributed by atoms with van der Waals surface area (Å²) >= 11 is 1.40. The molecule has 25 heavy (non-hydrogen) atoms. The SMILES string of the molecule is COC(=O)C(C)c1ccc2c(c1)C(=O)Cc1cc([N+](=O)[O-])ccc1S2. The van der Waals surface area contributed by atoms with Crippen LogP contribution in [0, 0.1) is 10.1 Å². The number of methoxy groups -OCH3 is 1. The molecule has 0 bridgehead atoms. The molecule has 2 aromatic carbocycles. The maximum atomic E-state index is 12.7. The lowest BCUT2D eigenvalue weighted by Gasteiger charge is -2.12. The van der Waals surface area contributed by atoms with Gasteiger partial charge in [0, 0.05) is 33.9 Å². The zero-order valence-corrected chi connectivity index (χ0v) is 14.5. The van der Waals surface area contributed by atoms with Gasteiger partial charge in [-0.15, -0.1) is 0 Å². The van der Waals surface area contributed by atoms with E-state index in [9.17, 15) is 19.7 Å². The summed E-state index contributed by atoms with van der Waals surface area (Å²) in [6.45, 7) is 1.72. The first kappa shape index (κ1) is 17.2. The van der Waals surface area contributed by atoms with Gasteiger partial charge in [-0.2, -0.15) is 0 Å². The summed E-state index contributed by atoms with van der Waals surface area (Å²) in [7, 11) is 1.33. The molecule has 0 aliphatic carbocycles. The van der Waals surface area contributed by atoms with Crippen LogP contribution in [0.15, 0.2) is 46.2 Å². The van der Waals surface area contributed by atoms with Crippen LogP contribution in [0.1, 0.15) is 34.3 Å². The summed E-state index contributed by atoms with van der Waals surface area (Å²) in [5, 5.41) is 11.0. The highest BCUT2D eigenvalue weighted by Crippen LogP contribution is 2.39. The van der Waals surface area contributed by atoms with E-state index in [2.05, 4.69) is 0 Å². The maximum Gasteiger partial charge on any atom is 0.312 e. The molecule has 0 fully saturated rings. The van der Waals surface area contributed by atoms with Gasteiger partial charge in [-0.25, -0.2) is 0 Å². The van der Waals surface area contributed by atoms with Crippen LogP contribution in [-0.4, -0.2) is 23.8 Å². The number of nitro groups is 1. The standard InChI is InChI=1S/C18H15NO5S/c1-10(18(21)24-2)11-3-5-17-14(8-11)15(20)9-12-7-13(19(22)23)4-6-16(12)25-17/h3-8,10H,9H2,1-2H3. The summed E-state index contributed by atoms with van der Waals surface area (Å²) in [5.41, 5.74) is 1.84. The molecule has 1 aliphatic heterocycles. The van der Waals surface area contributed by atoms with E-state index in [0.717, 1.165) is 9.79 Å². The Hall–Kier alpha value is -2.67. The van der Waals surface area contributed by atoms with E-state index in [0.29, 0.717) is 16.7 Å². The Morgan fingerprint density at radius 2 is 1.96 bits per heavy atom. The first-order valence-corrected chi connectivity index (χ1v) is 8.42. The number of benzene rings is 2. The average molecular weight is 357 g/mol. The Bertz CT molecular complexity index is 893. The summed E-state index contributed by atoms with van der Waals surface area (Å²) in [4.78, 5) is 36.5. The molecule has 1 heterocycles. The van der Waals surface area contributed by atoms with E-state index in [4.69, 9.17) is 4.74 Å². The second-order valence-corrected chi connectivity index (χ2v) is 6.84. The van der Waals surface area contributed by atoms with Crippen LogP contribution in [0.3, 0.4) is 0 Å². The minimum absolute atomic E-state index is 0.0295. The summed E-state index contributed by atoms with van der Waals surface area (Å²) in [5.74, 6) is -0.965. The number of nitro benzene ring substituents is 1. The number of nitrogens with zero attached hydrogens (tertiary/aromatic N) is 1. The Kier molecular flexibility index (Phi) is 4.59. The van der Waals surface area contributed by atoms with Gasteiger partial charge in [-0.3, -0.25) is 19.7 Å². The van der Waals surface area contributed by atoms with Gasteiger partial charge in [-0.05, 0) is 36.2 Å². The second-order valence-electron chi connectivity index (χ2n) is 5.75. The Morgan fingerprint density at radius 1 is 1.24 bits per heavy atom. The van der Waals surface area contributed by atoms with Crippen molar-refractivity contribution in [1.29, 1.82) is 0 Å². The third-order valence-corrected chi connectivity index (χ3v) is 5.38. The molecule has 0 saturated heterocycles. The van der Waals surface area contributed by atoms with Crippen molar-refractivity contribution >= 4 is 29.2 Å². The van der Waals surface area contributed by atoms with Gasteiger partial charge in [0.25, 0.3) is 5.69 Å². The highest BCUT2D eigenvalue weighted by molar-refractivity contribution is 7.99. The Balaban J connectivity index is 2.01. The fourth-order valence-electron chi connectivity index (χ4n) is 2.74. The normalized spacial score (nSPS) is 14.1. The number of fused-ring (bicyclic) bond motifs is 2. The predicted molar refractivity (Wildman–Crippen MR) is 92.1 cm³/mol. The van der Waals surface area contributed by atoms with Crippen molar-refractivity contribution in [2.45, 2.75) is 29.1 Å². The average Bonchev–Trinajstić information content (AvgIpc) is 2.75. The van der Waals surface area contributed by atoms with Crippen LogP contribution in [0.5, 0.6) is 0 Å². The number of esters is 1. The third-order valence-electron chi connectivity index (χ3n) is 4.18. The first-order chi connectivity index (χ1) is 11.9. The lowest BCUT2D eigenvalue weighted by Crippen LogP contribution is -2.12. The molecule has 0 aromatic heterocycles. The fraction of sp³-hybridized carbons (Fsp3) is 0.222. The smallest absolute Gasteiger partial charge is 0.312 e. The molecule has 3 rings (SSSR count). The molecule has 2 aromatic rings. The van der Waals surface area contributed by atoms with Crippen LogP contribution in [-0.2, 0) is 16.0 Å². The molecule has 1 atom stereocenters. The van der Waals surface area contributed by atoms with E-state index in [1.54, 1.807) is 25.1 Å². The Morgan fingerprint density at radius 3 is 2.64 bits per heavy atom. The van der Waals surface area contributed by atoms with Crippen molar-refractivity contribution in [3.8, 4) is 0 Å². The molecule has 0 spiro atoms. The number of Topliss-reactive ketones (excluding diaryl/α,β-unsaturated/α-hetero) is 1. The minimum atomic E-state index is -0.472. The lowest BCUT2D eigenvalue weighted by atomic mass is 9.96. The largest absolute Gasteiger partial charge is 0.469 e. The first-order valence-electron chi connectivity index (χ1n) is 7.61. The molecule has 6 nitrogen and oxygen atoms in total. The summed E-state index contributed by atoms with van der Waals surface area (Å²) in [6.07, 6.45) is 0.0903. The zero-order chi connectivity index (χ0) is 18.1. The number of rotatable bonds is 3. The van der Waals surface area contributed by atoms with Crippen LogP contribution >= 0.6 is 11.8 Å². The van der Waals surface area contributed by atoms with Crippen molar-refractivity contribution < 1.29 is 19.2 Å². The van der Waals surface area contributed by atoms with Gasteiger partial charge in [0.1, 0.15) is 0 Å². The highest BCUT2D eigenvalue weighted by atomic mass is 32.2. The molecule has 0 N–H and O–H groups in total. The highest BCUT2D eigenvalue weighted by Gasteiger charge is 2.24. The molecular weight excluding hydrogens is 342 g/mol. The topological polar surface area (TPSA) is 86.5 Å². The monoisotopic (exact) mass is 357 g/mol. The molecular formula is C18H15NO5S. The fourth-order valence-corrected chi connectivity index (χ4v) is 3.79. The van der Waals surface area contributed by atoms with E-state index in [1.165, 1.54) is 31.0 Å². The summed E-state index contributed by atoms with van der Waals surface area (Å²) < 4.78 is 4.76. The summed E-state index contributed by atoms with van der Waals surface area (Å²) in [6, 6.07) is 9.89. The zero-order valence-electron chi connectivity index (χ0n) is 13.6. The number of carbonyl (C=O) groups excluding carboxylic acids is 2. The predicted octanol–water partition coefficient (Wildman–Crippen LogP) is 3.76. The molecule has 128 valence electrons. The van der Waals surface area contributed by atoms with Crippen molar-refractivity contribution in [3.05, 3.63) is 63.2 Å². The van der Waals surface area contributed by atoms with E-state index < -0.39 is 10.8 Å². The van der Waals surface area contributed by atoms with E-state index >= 15 is 0 Å². The number of ether oxygens (including phenoxy) is 1. The molecule has 0 saturated carbocycles. The van der Waals surface area contributed by atoms with Crippen molar-refractivity contribution in [2.75, 3.05) is 7.11 Å². The van der Waals surface area contributed by atoms with Gasteiger partial charge in [0.15, 0.2) is 5.78 Å². The van der Waals surface area contributed by atoms with Gasteiger partial charge in [0.2, 0.25) is 0 Å². The van der Waals surface area contributed by atoms with Crippen molar-refractivity contribution in [1.82, 2.24) is 0 Å². The van der Waals surface area contributed by atoms with Gasteiger partial charge < -0.3 is 4.74 Å². The van der Waals surface area contributed by atoms with E-state index in [1.807, 2.05) is 6.07 Å². The van der Waals surface area contributed by atoms with Gasteiger partial charge in [-0.1, -0.05) is 17.8 Å². The number of ketones is 1. The quantitative estimate of drug-likeness (QED) is 0.472. The van der Waals surface area contributed by atoms with Crippen LogP contribution in [0.25, 0.3) is 0 Å². The van der Waals surface area contributed by atoms with E-state index in [-0.39, 0.29) is 23.9 Å². The molecule has 1 unspecified atom stereocenters. The number of non-ortho nitro benzene ring substituents is 1. The molecule has 1 aliphatic rings. The van der Waals surface area contributed by atoms with Crippen molar-refractivity contribution in [2.24, 2.45) is 0 Å².